The molecule has 12 heavy (non-hydrogen) atoms. The van der Waals surface area contributed by atoms with E-state index in [-0.39, 0.29) is 5.56 Å². The van der Waals surface area contributed by atoms with Crippen LogP contribution in [0.2, 0.25) is 0 Å². The highest BCUT2D eigenvalue weighted by Crippen LogP contribution is 2.24. The van der Waals surface area contributed by atoms with Crippen LogP contribution in [0.4, 0.5) is 4.39 Å². The van der Waals surface area contributed by atoms with Gasteiger partial charge in [0.25, 0.3) is 0 Å². The zero-order chi connectivity index (χ0) is 9.14. The van der Waals surface area contributed by atoms with Gasteiger partial charge in [0.1, 0.15) is 5.82 Å². The predicted octanol–water partition coefficient (Wildman–Crippen LogP) is 3.14. The molecule has 0 N–H and O–H groups in total. The van der Waals surface area contributed by atoms with E-state index in [2.05, 4.69) is 5.18 Å². The van der Waals surface area contributed by atoms with E-state index >= 15 is 0 Å². The fourth-order valence-electron chi connectivity index (χ4n) is 0.882. The Morgan fingerprint density at radius 3 is 2.75 bits per heavy atom. The molecule has 1 aromatic carbocycles. The summed E-state index contributed by atoms with van der Waals surface area (Å²) in [5.41, 5.74) is -0.228. The van der Waals surface area contributed by atoms with Crippen molar-refractivity contribution < 1.29 is 4.39 Å². The summed E-state index contributed by atoms with van der Waals surface area (Å²) in [7, 11) is 0. The first-order valence-electron chi connectivity index (χ1n) is 3.37. The summed E-state index contributed by atoms with van der Waals surface area (Å²) in [4.78, 5) is 9.99. The average molecular weight is 188 g/mol. The van der Waals surface area contributed by atoms with E-state index < -0.39 is 11.3 Å². The number of nitrogens with zero attached hydrogens (tertiary/aromatic N) is 1. The monoisotopic (exact) mass is 187 g/mol. The third-order valence-corrected chi connectivity index (χ3v) is 1.82. The number of hydrogen-bond acceptors (Lipinski definition) is 2. The second kappa shape index (κ2) is 3.63. The first-order chi connectivity index (χ1) is 5.65. The fourth-order valence-corrected chi connectivity index (χ4v) is 1.06. The van der Waals surface area contributed by atoms with E-state index in [4.69, 9.17) is 11.6 Å². The van der Waals surface area contributed by atoms with E-state index in [0.29, 0.717) is 0 Å². The van der Waals surface area contributed by atoms with Crippen molar-refractivity contribution >= 4 is 11.6 Å². The predicted molar refractivity (Wildman–Crippen MR) is 45.5 cm³/mol. The highest BCUT2D eigenvalue weighted by atomic mass is 35.5. The van der Waals surface area contributed by atoms with E-state index in [0.717, 1.165) is 5.56 Å². The Kier molecular flexibility index (Phi) is 2.76. The van der Waals surface area contributed by atoms with Gasteiger partial charge in [-0.25, -0.2) is 4.39 Å². The molecule has 0 heterocycles. The fraction of sp³-hybridized carbons (Fsp3) is 0.250. The molecule has 0 bridgehead atoms. The van der Waals surface area contributed by atoms with Crippen molar-refractivity contribution in [3.05, 3.63) is 40.1 Å². The lowest BCUT2D eigenvalue weighted by Crippen LogP contribution is -1.91. The summed E-state index contributed by atoms with van der Waals surface area (Å²) in [6.07, 6.45) is 0. The molecular weight excluding hydrogens is 181 g/mol. The van der Waals surface area contributed by atoms with Crippen LogP contribution in [-0.4, -0.2) is 0 Å². The Morgan fingerprint density at radius 1 is 1.58 bits per heavy atom. The summed E-state index contributed by atoms with van der Waals surface area (Å²) in [6.45, 7) is 1.75. The van der Waals surface area contributed by atoms with Crippen molar-refractivity contribution in [2.45, 2.75) is 12.4 Å². The Bertz CT molecular complexity index is 303. The van der Waals surface area contributed by atoms with Crippen molar-refractivity contribution in [2.24, 2.45) is 5.18 Å². The SMILES string of the molecule is Cc1ccc(C(Cl)N=O)c(F)c1. The summed E-state index contributed by atoms with van der Waals surface area (Å²) in [6, 6.07) is 4.46. The molecule has 0 aliphatic rings. The Morgan fingerprint density at radius 2 is 2.25 bits per heavy atom. The van der Waals surface area contributed by atoms with Gasteiger partial charge in [-0.2, -0.15) is 0 Å². The van der Waals surface area contributed by atoms with Crippen LogP contribution in [0.15, 0.2) is 23.4 Å². The maximum absolute atomic E-state index is 13.0. The third kappa shape index (κ3) is 1.80. The Labute approximate surface area is 74.3 Å². The van der Waals surface area contributed by atoms with Crippen molar-refractivity contribution in [1.29, 1.82) is 0 Å². The average Bonchev–Trinajstić information content (AvgIpc) is 2.03. The molecule has 0 aliphatic heterocycles. The largest absolute Gasteiger partial charge is 0.207 e. The minimum atomic E-state index is -1.13. The van der Waals surface area contributed by atoms with Crippen LogP contribution >= 0.6 is 11.6 Å². The molecule has 0 radical (unpaired) electrons. The molecule has 1 unspecified atom stereocenters. The molecule has 1 rings (SSSR count). The normalized spacial score (nSPS) is 12.6. The van der Waals surface area contributed by atoms with Crippen LogP contribution in [0.1, 0.15) is 16.6 Å². The molecule has 64 valence electrons. The lowest BCUT2D eigenvalue weighted by molar-refractivity contribution is 0.607. The van der Waals surface area contributed by atoms with Crippen LogP contribution in [-0.2, 0) is 0 Å². The van der Waals surface area contributed by atoms with Gasteiger partial charge < -0.3 is 0 Å². The van der Waals surface area contributed by atoms with Crippen molar-refractivity contribution in [3.63, 3.8) is 0 Å². The standard InChI is InChI=1S/C8H7ClFNO/c1-5-2-3-6(7(10)4-5)8(9)11-12/h2-4,8H,1H3. The Hall–Kier alpha value is -0.960. The van der Waals surface area contributed by atoms with Gasteiger partial charge in [0.05, 0.1) is 0 Å². The second-order valence-corrected chi connectivity index (χ2v) is 2.88. The molecule has 0 saturated carbocycles. The molecule has 2 nitrogen and oxygen atoms in total. The van der Waals surface area contributed by atoms with Crippen LogP contribution in [0.25, 0.3) is 0 Å². The van der Waals surface area contributed by atoms with Crippen LogP contribution in [0, 0.1) is 17.6 Å². The number of benzene rings is 1. The maximum atomic E-state index is 13.0. The maximum Gasteiger partial charge on any atom is 0.193 e. The third-order valence-electron chi connectivity index (χ3n) is 1.51. The highest BCUT2D eigenvalue weighted by Gasteiger charge is 2.12. The number of rotatable bonds is 2. The van der Waals surface area contributed by atoms with E-state index in [1.54, 1.807) is 13.0 Å². The summed E-state index contributed by atoms with van der Waals surface area (Å²) in [5.74, 6) is -0.491. The first-order valence-corrected chi connectivity index (χ1v) is 3.81. The second-order valence-electron chi connectivity index (χ2n) is 2.47. The minimum Gasteiger partial charge on any atom is -0.207 e. The summed E-state index contributed by atoms with van der Waals surface area (Å²) < 4.78 is 13.0. The van der Waals surface area contributed by atoms with E-state index in [1.165, 1.54) is 12.1 Å². The number of halogens is 2. The first kappa shape index (κ1) is 9.13. The molecule has 1 aromatic rings. The molecular formula is C8H7ClFNO. The molecule has 0 fully saturated rings. The molecule has 0 saturated heterocycles. The smallest absolute Gasteiger partial charge is 0.193 e. The van der Waals surface area contributed by atoms with Crippen molar-refractivity contribution in [1.82, 2.24) is 0 Å². The lowest BCUT2D eigenvalue weighted by atomic mass is 10.1. The number of hydrogen-bond donors (Lipinski definition) is 0. The summed E-state index contributed by atoms with van der Waals surface area (Å²) >= 11 is 5.43. The van der Waals surface area contributed by atoms with Gasteiger partial charge in [-0.3, -0.25) is 0 Å². The molecule has 0 aromatic heterocycles. The minimum absolute atomic E-state index is 0.122. The number of nitroso groups, excluding NO2 is 1. The topological polar surface area (TPSA) is 29.4 Å². The Balaban J connectivity index is 3.09. The zero-order valence-corrected chi connectivity index (χ0v) is 7.18. The van der Waals surface area contributed by atoms with Crippen molar-refractivity contribution in [3.8, 4) is 0 Å². The van der Waals surface area contributed by atoms with Gasteiger partial charge in [-0.15, -0.1) is 4.91 Å². The van der Waals surface area contributed by atoms with Crippen LogP contribution in [0.5, 0.6) is 0 Å². The van der Waals surface area contributed by atoms with Gasteiger partial charge in [0.15, 0.2) is 5.50 Å². The number of aryl methyl sites for hydroxylation is 1. The highest BCUT2D eigenvalue weighted by molar-refractivity contribution is 6.20. The van der Waals surface area contributed by atoms with E-state index in [9.17, 15) is 9.30 Å². The van der Waals surface area contributed by atoms with Gasteiger partial charge in [-0.1, -0.05) is 23.7 Å². The van der Waals surface area contributed by atoms with Crippen LogP contribution < -0.4 is 0 Å². The van der Waals surface area contributed by atoms with Crippen molar-refractivity contribution in [2.75, 3.05) is 0 Å². The number of alkyl halides is 1. The van der Waals surface area contributed by atoms with Gasteiger partial charge in [-0.05, 0) is 23.7 Å². The molecule has 4 heteroatoms. The molecule has 0 aliphatic carbocycles. The summed E-state index contributed by atoms with van der Waals surface area (Å²) in [5, 5.41) is 2.52. The molecule has 0 spiro atoms. The zero-order valence-electron chi connectivity index (χ0n) is 6.42. The van der Waals surface area contributed by atoms with Gasteiger partial charge in [0, 0.05) is 5.56 Å². The molecule has 1 atom stereocenters. The quantitative estimate of drug-likeness (QED) is 0.397. The van der Waals surface area contributed by atoms with E-state index in [1.807, 2.05) is 0 Å². The van der Waals surface area contributed by atoms with Crippen LogP contribution in [0.3, 0.4) is 0 Å². The molecule has 0 amide bonds. The van der Waals surface area contributed by atoms with Gasteiger partial charge in [0.2, 0.25) is 0 Å². The lowest BCUT2D eigenvalue weighted by Gasteiger charge is -2.02. The van der Waals surface area contributed by atoms with Gasteiger partial charge >= 0.3 is 0 Å².